The van der Waals surface area contributed by atoms with Gasteiger partial charge in [-0.15, -0.1) is 0 Å². The Kier molecular flexibility index (Phi) is 5.73. The van der Waals surface area contributed by atoms with Crippen molar-refractivity contribution in [1.82, 2.24) is 14.9 Å². The highest BCUT2D eigenvalue weighted by Crippen LogP contribution is 2.29. The molecule has 0 fully saturated rings. The van der Waals surface area contributed by atoms with E-state index in [2.05, 4.69) is 62.4 Å². The monoisotopic (exact) mass is 371 g/mol. The van der Waals surface area contributed by atoms with Crippen molar-refractivity contribution in [2.24, 2.45) is 4.99 Å². The van der Waals surface area contributed by atoms with E-state index in [1.807, 2.05) is 36.7 Å². The molecule has 0 saturated carbocycles. The van der Waals surface area contributed by atoms with Gasteiger partial charge < -0.3 is 5.32 Å². The number of nitrogens with one attached hydrogen (secondary N) is 1. The summed E-state index contributed by atoms with van der Waals surface area (Å²) < 4.78 is 0. The Hall–Kier alpha value is -3.05. The Morgan fingerprint density at radius 2 is 1.64 bits per heavy atom. The summed E-state index contributed by atoms with van der Waals surface area (Å²) in [4.78, 5) is 15.9. The van der Waals surface area contributed by atoms with Crippen molar-refractivity contribution in [3.63, 3.8) is 0 Å². The number of hydrogen-bond donors (Lipinski definition) is 1. The molecule has 1 N–H and O–H groups in total. The maximum absolute atomic E-state index is 4.56. The highest BCUT2D eigenvalue weighted by atomic mass is 15.1. The minimum absolute atomic E-state index is 0.802. The lowest BCUT2D eigenvalue weighted by atomic mass is 10.1. The van der Waals surface area contributed by atoms with Gasteiger partial charge >= 0.3 is 0 Å². The number of aliphatic imine (C=N–C) groups is 1. The van der Waals surface area contributed by atoms with Gasteiger partial charge in [0, 0.05) is 56.4 Å². The predicted molar refractivity (Wildman–Crippen MR) is 114 cm³/mol. The minimum Gasteiger partial charge on any atom is -0.384 e. The van der Waals surface area contributed by atoms with Gasteiger partial charge in [0.2, 0.25) is 0 Å². The van der Waals surface area contributed by atoms with Gasteiger partial charge in [-0.3, -0.25) is 19.9 Å². The summed E-state index contributed by atoms with van der Waals surface area (Å²) in [7, 11) is 0. The average Bonchev–Trinajstić information content (AvgIpc) is 3.09. The number of nitrogens with zero attached hydrogens (tertiary/aromatic N) is 4. The molecule has 1 aliphatic heterocycles. The lowest BCUT2D eigenvalue weighted by molar-refractivity contribution is 0.261. The number of aromatic nitrogens is 2. The first-order chi connectivity index (χ1) is 13.8. The second kappa shape index (κ2) is 8.76. The van der Waals surface area contributed by atoms with E-state index >= 15 is 0 Å². The second-order valence-electron chi connectivity index (χ2n) is 7.15. The molecule has 0 unspecified atom stereocenters. The lowest BCUT2D eigenvalue weighted by Crippen LogP contribution is -2.29. The average molecular weight is 371 g/mol. The molecule has 142 valence electrons. The largest absolute Gasteiger partial charge is 0.384 e. The molecule has 0 spiro atoms. The van der Waals surface area contributed by atoms with Crippen molar-refractivity contribution in [3.8, 4) is 0 Å². The molecule has 5 heteroatoms. The van der Waals surface area contributed by atoms with Crippen molar-refractivity contribution in [1.29, 1.82) is 0 Å². The van der Waals surface area contributed by atoms with Crippen LogP contribution in [0.3, 0.4) is 0 Å². The number of pyridine rings is 2. The smallest absolute Gasteiger partial charge is 0.0666 e. The van der Waals surface area contributed by atoms with Gasteiger partial charge in [0.1, 0.15) is 0 Å². The summed E-state index contributed by atoms with van der Waals surface area (Å²) in [6.07, 6.45) is 4.65. The molecule has 3 aromatic rings. The van der Waals surface area contributed by atoms with Gasteiger partial charge in [0.25, 0.3) is 0 Å². The van der Waals surface area contributed by atoms with Crippen LogP contribution in [-0.2, 0) is 19.5 Å². The van der Waals surface area contributed by atoms with Crippen LogP contribution < -0.4 is 5.32 Å². The molecule has 0 saturated heterocycles. The molecule has 3 heterocycles. The first-order valence-electron chi connectivity index (χ1n) is 9.69. The highest BCUT2D eigenvalue weighted by Gasteiger charge is 2.12. The fourth-order valence-electron chi connectivity index (χ4n) is 3.48. The molecule has 0 radical (unpaired) electrons. The molecule has 0 aliphatic carbocycles. The number of hydrogen-bond acceptors (Lipinski definition) is 5. The van der Waals surface area contributed by atoms with Crippen molar-refractivity contribution >= 4 is 17.1 Å². The molecular formula is C23H25N5. The van der Waals surface area contributed by atoms with E-state index in [4.69, 9.17) is 0 Å². The zero-order valence-corrected chi connectivity index (χ0v) is 16.2. The number of fused-ring (bicyclic) bond motifs is 1. The van der Waals surface area contributed by atoms with Crippen LogP contribution in [0.1, 0.15) is 23.9 Å². The van der Waals surface area contributed by atoms with Gasteiger partial charge in [-0.25, -0.2) is 0 Å². The van der Waals surface area contributed by atoms with Crippen LogP contribution in [0, 0.1) is 0 Å². The van der Waals surface area contributed by atoms with E-state index in [0.717, 1.165) is 55.4 Å². The van der Waals surface area contributed by atoms with E-state index in [1.54, 1.807) is 0 Å². The Morgan fingerprint density at radius 3 is 2.29 bits per heavy atom. The van der Waals surface area contributed by atoms with E-state index < -0.39 is 0 Å². The van der Waals surface area contributed by atoms with Crippen LogP contribution in [0.5, 0.6) is 0 Å². The maximum atomic E-state index is 4.56. The fourth-order valence-corrected chi connectivity index (χ4v) is 3.48. The molecule has 0 amide bonds. The zero-order valence-electron chi connectivity index (χ0n) is 16.2. The third-order valence-electron chi connectivity index (χ3n) is 4.82. The summed E-state index contributed by atoms with van der Waals surface area (Å²) in [5.74, 6) is 0. The molecule has 0 bridgehead atoms. The van der Waals surface area contributed by atoms with Gasteiger partial charge in [-0.05, 0) is 55.0 Å². The van der Waals surface area contributed by atoms with Gasteiger partial charge in [0.15, 0.2) is 0 Å². The van der Waals surface area contributed by atoms with Crippen LogP contribution in [0.2, 0.25) is 0 Å². The summed E-state index contributed by atoms with van der Waals surface area (Å²) in [6.45, 7) is 5.45. The maximum Gasteiger partial charge on any atom is 0.0666 e. The normalized spacial score (nSPS) is 12.7. The van der Waals surface area contributed by atoms with Gasteiger partial charge in [-0.1, -0.05) is 12.1 Å². The number of anilines is 1. The van der Waals surface area contributed by atoms with Gasteiger partial charge in [0.05, 0.1) is 17.1 Å². The highest BCUT2D eigenvalue weighted by molar-refractivity contribution is 5.92. The van der Waals surface area contributed by atoms with E-state index in [-0.39, 0.29) is 0 Å². The lowest BCUT2D eigenvalue weighted by Gasteiger charge is -2.22. The van der Waals surface area contributed by atoms with E-state index in [1.165, 1.54) is 11.3 Å². The summed E-state index contributed by atoms with van der Waals surface area (Å²) in [6, 6.07) is 18.6. The third kappa shape index (κ3) is 4.81. The standard InChI is InChI=1S/C23H25N5/c1-18-14-19-15-20(8-9-23(19)27-18)26-12-13-28(16-21-6-2-4-10-24-21)17-22-7-3-5-11-25-22/h2-11,15,26H,12-14,16-17H2,1H3. The molecule has 4 rings (SSSR count). The van der Waals surface area contributed by atoms with Crippen molar-refractivity contribution in [2.75, 3.05) is 18.4 Å². The Labute approximate surface area is 166 Å². The van der Waals surface area contributed by atoms with E-state index in [9.17, 15) is 0 Å². The predicted octanol–water partition coefficient (Wildman–Crippen LogP) is 4.24. The van der Waals surface area contributed by atoms with Crippen LogP contribution in [0.25, 0.3) is 0 Å². The Morgan fingerprint density at radius 1 is 0.929 bits per heavy atom. The van der Waals surface area contributed by atoms with E-state index in [0.29, 0.717) is 0 Å². The molecule has 1 aliphatic rings. The first kappa shape index (κ1) is 18.3. The Bertz CT molecular complexity index is 896. The molecular weight excluding hydrogens is 346 g/mol. The molecule has 2 aromatic heterocycles. The number of benzene rings is 1. The molecule has 0 atom stereocenters. The summed E-state index contributed by atoms with van der Waals surface area (Å²) >= 11 is 0. The summed E-state index contributed by atoms with van der Waals surface area (Å²) in [5, 5.41) is 3.56. The molecule has 5 nitrogen and oxygen atoms in total. The zero-order chi connectivity index (χ0) is 19.2. The fraction of sp³-hybridized carbons (Fsp3) is 0.261. The Balaban J connectivity index is 1.37. The van der Waals surface area contributed by atoms with Crippen LogP contribution in [-0.4, -0.2) is 33.7 Å². The molecule has 1 aromatic carbocycles. The van der Waals surface area contributed by atoms with Crippen LogP contribution >= 0.6 is 0 Å². The molecule has 28 heavy (non-hydrogen) atoms. The SMILES string of the molecule is CC1=Nc2ccc(NCCN(Cc3ccccn3)Cc3ccccn3)cc2C1. The van der Waals surface area contributed by atoms with Crippen LogP contribution in [0.15, 0.2) is 72.0 Å². The summed E-state index contributed by atoms with van der Waals surface area (Å²) in [5.41, 5.74) is 6.90. The van der Waals surface area contributed by atoms with Crippen molar-refractivity contribution < 1.29 is 0 Å². The third-order valence-corrected chi connectivity index (χ3v) is 4.82. The van der Waals surface area contributed by atoms with Crippen molar-refractivity contribution in [2.45, 2.75) is 26.4 Å². The topological polar surface area (TPSA) is 53.4 Å². The number of rotatable bonds is 8. The second-order valence-corrected chi connectivity index (χ2v) is 7.15. The first-order valence-corrected chi connectivity index (χ1v) is 9.69. The quantitative estimate of drug-likeness (QED) is 0.643. The van der Waals surface area contributed by atoms with Crippen molar-refractivity contribution in [3.05, 3.63) is 83.9 Å². The van der Waals surface area contributed by atoms with Crippen LogP contribution in [0.4, 0.5) is 11.4 Å². The minimum atomic E-state index is 0.802. The van der Waals surface area contributed by atoms with Gasteiger partial charge in [-0.2, -0.15) is 0 Å².